The van der Waals surface area contributed by atoms with Gasteiger partial charge >= 0.3 is 6.18 Å². The summed E-state index contributed by atoms with van der Waals surface area (Å²) >= 11 is 0. The molecule has 190 valence electrons. The van der Waals surface area contributed by atoms with Gasteiger partial charge < -0.3 is 4.90 Å². The van der Waals surface area contributed by atoms with Crippen molar-refractivity contribution in [3.63, 3.8) is 0 Å². The zero-order chi connectivity index (χ0) is 25.9. The molecule has 4 rings (SSSR count). The molecule has 0 aliphatic carbocycles. The maximum absolute atomic E-state index is 13.2. The average Bonchev–Trinajstić information content (AvgIpc) is 2.87. The van der Waals surface area contributed by atoms with Gasteiger partial charge in [0.2, 0.25) is 10.0 Å². The molecular formula is C26H27F3N4O2S. The molecule has 0 saturated carbocycles. The first kappa shape index (κ1) is 25.8. The maximum atomic E-state index is 13.2. The molecule has 1 saturated heterocycles. The third-order valence-corrected chi connectivity index (χ3v) is 7.69. The SMILES string of the molecule is CCc1c(C)nc(-c2cccc(C(F)(F)F)c2)nc1N1CCN(S(=O)(=O)/C=C/c2ccccc2)CC1. The summed E-state index contributed by atoms with van der Waals surface area (Å²) in [5.74, 6) is 0.848. The van der Waals surface area contributed by atoms with Crippen LogP contribution in [0.5, 0.6) is 0 Å². The number of sulfonamides is 1. The minimum Gasteiger partial charge on any atom is -0.354 e. The van der Waals surface area contributed by atoms with Crippen LogP contribution in [0.2, 0.25) is 0 Å². The number of piperazine rings is 1. The first-order chi connectivity index (χ1) is 17.1. The molecule has 2 heterocycles. The van der Waals surface area contributed by atoms with E-state index in [0.29, 0.717) is 31.0 Å². The van der Waals surface area contributed by atoms with Crippen molar-refractivity contribution in [2.75, 3.05) is 31.1 Å². The first-order valence-electron chi connectivity index (χ1n) is 11.6. The second kappa shape index (κ2) is 10.4. The second-order valence-corrected chi connectivity index (χ2v) is 10.3. The zero-order valence-corrected chi connectivity index (χ0v) is 20.9. The van der Waals surface area contributed by atoms with Gasteiger partial charge in [0.1, 0.15) is 5.82 Å². The second-order valence-electron chi connectivity index (χ2n) is 8.51. The minimum absolute atomic E-state index is 0.214. The van der Waals surface area contributed by atoms with E-state index in [4.69, 9.17) is 0 Å². The summed E-state index contributed by atoms with van der Waals surface area (Å²) in [5.41, 5.74) is 1.90. The van der Waals surface area contributed by atoms with E-state index < -0.39 is 21.8 Å². The van der Waals surface area contributed by atoms with Gasteiger partial charge in [0, 0.05) is 48.4 Å². The van der Waals surface area contributed by atoms with Crippen molar-refractivity contribution in [3.05, 3.63) is 82.4 Å². The number of benzene rings is 2. The number of nitrogens with zero attached hydrogens (tertiary/aromatic N) is 4. The van der Waals surface area contributed by atoms with Crippen LogP contribution in [-0.2, 0) is 22.6 Å². The molecular weight excluding hydrogens is 489 g/mol. The van der Waals surface area contributed by atoms with Crippen LogP contribution in [-0.4, -0.2) is 48.9 Å². The molecule has 6 nitrogen and oxygen atoms in total. The monoisotopic (exact) mass is 516 g/mol. The summed E-state index contributed by atoms with van der Waals surface area (Å²) in [4.78, 5) is 11.1. The molecule has 2 aromatic carbocycles. The number of hydrogen-bond acceptors (Lipinski definition) is 5. The molecule has 0 spiro atoms. The predicted molar refractivity (Wildman–Crippen MR) is 135 cm³/mol. The molecule has 36 heavy (non-hydrogen) atoms. The average molecular weight is 517 g/mol. The van der Waals surface area contributed by atoms with Crippen molar-refractivity contribution in [2.45, 2.75) is 26.4 Å². The van der Waals surface area contributed by atoms with E-state index >= 15 is 0 Å². The standard InChI is InChI=1S/C26H27F3N4O2S/c1-3-23-19(2)30-24(21-10-7-11-22(18-21)26(27,28)29)31-25(23)32-13-15-33(16-14-32)36(34,35)17-12-20-8-5-4-6-9-20/h4-12,17-18H,3,13-16H2,1-2H3/b17-12+. The van der Waals surface area contributed by atoms with E-state index in [2.05, 4.69) is 9.97 Å². The number of aryl methyl sites for hydroxylation is 1. The van der Waals surface area contributed by atoms with Crippen LogP contribution in [0.4, 0.5) is 19.0 Å². The van der Waals surface area contributed by atoms with Crippen molar-refractivity contribution in [2.24, 2.45) is 0 Å². The van der Waals surface area contributed by atoms with Crippen LogP contribution >= 0.6 is 0 Å². The summed E-state index contributed by atoms with van der Waals surface area (Å²) in [5, 5.41) is 1.22. The smallest absolute Gasteiger partial charge is 0.354 e. The summed E-state index contributed by atoms with van der Waals surface area (Å²) < 4.78 is 66.8. The predicted octanol–water partition coefficient (Wildman–Crippen LogP) is 5.16. The van der Waals surface area contributed by atoms with Gasteiger partial charge in [-0.05, 0) is 37.1 Å². The van der Waals surface area contributed by atoms with Crippen LogP contribution in [0.15, 0.2) is 60.0 Å². The third kappa shape index (κ3) is 5.76. The van der Waals surface area contributed by atoms with Gasteiger partial charge in [0.15, 0.2) is 5.82 Å². The molecule has 0 N–H and O–H groups in total. The fraction of sp³-hybridized carbons (Fsp3) is 0.308. The van der Waals surface area contributed by atoms with Gasteiger partial charge in [-0.1, -0.05) is 49.4 Å². The van der Waals surface area contributed by atoms with Gasteiger partial charge in [0.25, 0.3) is 0 Å². The topological polar surface area (TPSA) is 66.4 Å². The van der Waals surface area contributed by atoms with E-state index in [1.54, 1.807) is 12.1 Å². The Bertz CT molecular complexity index is 1350. The quantitative estimate of drug-likeness (QED) is 0.453. The number of halogens is 3. The third-order valence-electron chi connectivity index (χ3n) is 6.12. The van der Waals surface area contributed by atoms with E-state index in [1.165, 1.54) is 15.8 Å². The normalized spacial score (nSPS) is 15.5. The van der Waals surface area contributed by atoms with E-state index in [1.807, 2.05) is 49.1 Å². The Balaban J connectivity index is 1.56. The van der Waals surface area contributed by atoms with E-state index in [-0.39, 0.29) is 24.5 Å². The Labute approximate surface area is 209 Å². The fourth-order valence-electron chi connectivity index (χ4n) is 4.19. The Kier molecular flexibility index (Phi) is 7.46. The number of rotatable bonds is 6. The van der Waals surface area contributed by atoms with Crippen molar-refractivity contribution >= 4 is 21.9 Å². The highest BCUT2D eigenvalue weighted by molar-refractivity contribution is 7.92. The molecule has 0 bridgehead atoms. The molecule has 3 aromatic rings. The number of aromatic nitrogens is 2. The molecule has 0 unspecified atom stereocenters. The largest absolute Gasteiger partial charge is 0.416 e. The molecule has 1 aliphatic heterocycles. The van der Waals surface area contributed by atoms with Gasteiger partial charge in [-0.2, -0.15) is 17.5 Å². The highest BCUT2D eigenvalue weighted by Gasteiger charge is 2.31. The summed E-state index contributed by atoms with van der Waals surface area (Å²) in [6.07, 6.45) is -2.25. The maximum Gasteiger partial charge on any atom is 0.416 e. The Morgan fingerprint density at radius 3 is 2.31 bits per heavy atom. The molecule has 10 heteroatoms. The lowest BCUT2D eigenvalue weighted by Crippen LogP contribution is -2.48. The molecule has 0 atom stereocenters. The number of alkyl halides is 3. The Morgan fingerprint density at radius 1 is 0.972 bits per heavy atom. The van der Waals surface area contributed by atoms with Crippen molar-refractivity contribution in [1.82, 2.24) is 14.3 Å². The highest BCUT2D eigenvalue weighted by Crippen LogP contribution is 2.33. The molecule has 1 fully saturated rings. The van der Waals surface area contributed by atoms with Crippen molar-refractivity contribution in [3.8, 4) is 11.4 Å². The van der Waals surface area contributed by atoms with E-state index in [9.17, 15) is 21.6 Å². The summed E-state index contributed by atoms with van der Waals surface area (Å²) in [6.45, 7) is 5.14. The number of hydrogen-bond donors (Lipinski definition) is 0. The van der Waals surface area contributed by atoms with Gasteiger partial charge in [0.05, 0.1) is 5.56 Å². The minimum atomic E-state index is -4.46. The van der Waals surface area contributed by atoms with Crippen LogP contribution < -0.4 is 4.90 Å². The molecule has 1 aliphatic rings. The highest BCUT2D eigenvalue weighted by atomic mass is 32.2. The molecule has 0 amide bonds. The van der Waals surface area contributed by atoms with Gasteiger partial charge in [-0.3, -0.25) is 0 Å². The van der Waals surface area contributed by atoms with Gasteiger partial charge in [-0.25, -0.2) is 18.4 Å². The first-order valence-corrected chi connectivity index (χ1v) is 13.1. The molecule has 0 radical (unpaired) electrons. The van der Waals surface area contributed by atoms with Crippen molar-refractivity contribution in [1.29, 1.82) is 0 Å². The number of anilines is 1. The lowest BCUT2D eigenvalue weighted by Gasteiger charge is -2.35. The summed E-state index contributed by atoms with van der Waals surface area (Å²) in [7, 11) is -3.59. The Hall–Kier alpha value is -3.24. The van der Waals surface area contributed by atoms with Crippen LogP contribution in [0.3, 0.4) is 0 Å². The fourth-order valence-corrected chi connectivity index (χ4v) is 5.36. The molecule has 1 aromatic heterocycles. The van der Waals surface area contributed by atoms with Crippen LogP contribution in [0.25, 0.3) is 17.5 Å². The van der Waals surface area contributed by atoms with E-state index in [0.717, 1.165) is 23.3 Å². The lowest BCUT2D eigenvalue weighted by atomic mass is 10.1. The van der Waals surface area contributed by atoms with Crippen molar-refractivity contribution < 1.29 is 21.6 Å². The zero-order valence-electron chi connectivity index (χ0n) is 20.0. The van der Waals surface area contributed by atoms with Crippen LogP contribution in [0.1, 0.15) is 29.3 Å². The Morgan fingerprint density at radius 2 is 1.67 bits per heavy atom. The summed E-state index contributed by atoms with van der Waals surface area (Å²) in [6, 6.07) is 14.2. The van der Waals surface area contributed by atoms with Crippen LogP contribution in [0, 0.1) is 6.92 Å². The lowest BCUT2D eigenvalue weighted by molar-refractivity contribution is -0.137. The van der Waals surface area contributed by atoms with Gasteiger partial charge in [-0.15, -0.1) is 0 Å².